The standard InChI is InChI=1S/C12H16N2O3.C2H6/c1-9-7-11(14(15)16)10(5-6-13(2)3)8-12(9)17-4;1-2/h5-8H,1-4H3;1-2H3/b6-5+;. The van der Waals surface area contributed by atoms with Crippen LogP contribution in [0.15, 0.2) is 18.3 Å². The highest BCUT2D eigenvalue weighted by atomic mass is 16.6. The van der Waals surface area contributed by atoms with Crippen LogP contribution in [0.5, 0.6) is 5.75 Å². The molecule has 0 aliphatic heterocycles. The second-order valence-electron chi connectivity index (χ2n) is 3.92. The third-order valence-corrected chi connectivity index (χ3v) is 2.29. The van der Waals surface area contributed by atoms with Crippen molar-refractivity contribution in [1.29, 1.82) is 0 Å². The van der Waals surface area contributed by atoms with Gasteiger partial charge in [-0.3, -0.25) is 10.1 Å². The number of methoxy groups -OCH3 is 1. The summed E-state index contributed by atoms with van der Waals surface area (Å²) in [4.78, 5) is 12.4. The smallest absolute Gasteiger partial charge is 0.277 e. The molecule has 0 aromatic heterocycles. The predicted molar refractivity (Wildman–Crippen MR) is 78.5 cm³/mol. The molecule has 1 rings (SSSR count). The van der Waals surface area contributed by atoms with Crippen LogP contribution in [-0.4, -0.2) is 31.0 Å². The van der Waals surface area contributed by atoms with Crippen molar-refractivity contribution < 1.29 is 9.66 Å². The molecule has 0 saturated heterocycles. The molecule has 0 unspecified atom stereocenters. The summed E-state index contributed by atoms with van der Waals surface area (Å²) in [5.74, 6) is 0.647. The lowest BCUT2D eigenvalue weighted by atomic mass is 10.1. The van der Waals surface area contributed by atoms with Crippen molar-refractivity contribution in [2.75, 3.05) is 21.2 Å². The van der Waals surface area contributed by atoms with E-state index in [9.17, 15) is 10.1 Å². The average molecular weight is 266 g/mol. The largest absolute Gasteiger partial charge is 0.496 e. The molecule has 0 atom stereocenters. The van der Waals surface area contributed by atoms with E-state index in [2.05, 4.69) is 0 Å². The van der Waals surface area contributed by atoms with Crippen LogP contribution >= 0.6 is 0 Å². The molecule has 1 aromatic rings. The van der Waals surface area contributed by atoms with E-state index in [4.69, 9.17) is 4.74 Å². The molecule has 0 heterocycles. The van der Waals surface area contributed by atoms with E-state index in [1.165, 1.54) is 6.07 Å². The summed E-state index contributed by atoms with van der Waals surface area (Å²) in [5.41, 5.74) is 1.37. The quantitative estimate of drug-likeness (QED) is 0.618. The van der Waals surface area contributed by atoms with Crippen LogP contribution in [0, 0.1) is 17.0 Å². The molecule has 0 radical (unpaired) electrons. The van der Waals surface area contributed by atoms with Crippen molar-refractivity contribution in [3.05, 3.63) is 39.6 Å². The van der Waals surface area contributed by atoms with Gasteiger partial charge in [-0.15, -0.1) is 0 Å². The predicted octanol–water partition coefficient (Wildman–Crippen LogP) is 3.47. The fourth-order valence-electron chi connectivity index (χ4n) is 1.43. The Hall–Kier alpha value is -2.04. The summed E-state index contributed by atoms with van der Waals surface area (Å²) in [6, 6.07) is 3.20. The fraction of sp³-hybridized carbons (Fsp3) is 0.429. The number of nitrogens with zero attached hydrogens (tertiary/aromatic N) is 2. The molecule has 5 nitrogen and oxygen atoms in total. The number of ether oxygens (including phenoxy) is 1. The number of hydrogen-bond donors (Lipinski definition) is 0. The van der Waals surface area contributed by atoms with E-state index in [0.717, 1.165) is 5.56 Å². The molecule has 0 amide bonds. The van der Waals surface area contributed by atoms with Crippen LogP contribution in [-0.2, 0) is 0 Å². The molecule has 0 aliphatic rings. The highest BCUT2D eigenvalue weighted by molar-refractivity contribution is 5.64. The first-order valence-corrected chi connectivity index (χ1v) is 6.13. The Labute approximate surface area is 114 Å². The third-order valence-electron chi connectivity index (χ3n) is 2.29. The molecule has 0 saturated carbocycles. The van der Waals surface area contributed by atoms with Gasteiger partial charge in [-0.1, -0.05) is 13.8 Å². The van der Waals surface area contributed by atoms with Crippen LogP contribution in [0.2, 0.25) is 0 Å². The van der Waals surface area contributed by atoms with Gasteiger partial charge in [0.05, 0.1) is 17.6 Å². The second-order valence-corrected chi connectivity index (χ2v) is 3.92. The van der Waals surface area contributed by atoms with Gasteiger partial charge in [-0.25, -0.2) is 0 Å². The van der Waals surface area contributed by atoms with Gasteiger partial charge in [0.15, 0.2) is 0 Å². The Bertz CT molecular complexity index is 454. The molecule has 0 aliphatic carbocycles. The molecular weight excluding hydrogens is 244 g/mol. The van der Waals surface area contributed by atoms with Crippen LogP contribution in [0.3, 0.4) is 0 Å². The van der Waals surface area contributed by atoms with Crippen LogP contribution in [0.25, 0.3) is 6.08 Å². The summed E-state index contributed by atoms with van der Waals surface area (Å²) >= 11 is 0. The molecular formula is C14H22N2O3. The normalized spacial score (nSPS) is 9.79. The average Bonchev–Trinajstić information content (AvgIpc) is 2.38. The van der Waals surface area contributed by atoms with Crippen molar-refractivity contribution in [2.45, 2.75) is 20.8 Å². The molecule has 106 valence electrons. The minimum atomic E-state index is -0.387. The summed E-state index contributed by atoms with van der Waals surface area (Å²) in [6.07, 6.45) is 3.46. The Kier molecular flexibility index (Phi) is 7.26. The van der Waals surface area contributed by atoms with Crippen molar-refractivity contribution >= 4 is 11.8 Å². The zero-order valence-electron chi connectivity index (χ0n) is 12.4. The zero-order chi connectivity index (χ0) is 15.0. The first kappa shape index (κ1) is 17.0. The highest BCUT2D eigenvalue weighted by Gasteiger charge is 2.15. The molecule has 19 heavy (non-hydrogen) atoms. The molecule has 1 aromatic carbocycles. The fourth-order valence-corrected chi connectivity index (χ4v) is 1.43. The van der Waals surface area contributed by atoms with Gasteiger partial charge in [0, 0.05) is 20.2 Å². The first-order chi connectivity index (χ1) is 8.95. The number of aryl methyl sites for hydroxylation is 1. The van der Waals surface area contributed by atoms with E-state index in [1.807, 2.05) is 32.8 Å². The monoisotopic (exact) mass is 266 g/mol. The van der Waals surface area contributed by atoms with Crippen LogP contribution in [0.1, 0.15) is 25.0 Å². The van der Waals surface area contributed by atoms with Gasteiger partial charge in [-0.2, -0.15) is 0 Å². The SMILES string of the molecule is CC.COc1cc(/C=C/N(C)C)c([N+](=O)[O-])cc1C. The molecule has 0 bridgehead atoms. The van der Waals surface area contributed by atoms with Crippen LogP contribution < -0.4 is 4.74 Å². The van der Waals surface area contributed by atoms with Gasteiger partial charge in [0.25, 0.3) is 5.69 Å². The zero-order valence-corrected chi connectivity index (χ0v) is 12.4. The number of benzene rings is 1. The van der Waals surface area contributed by atoms with Crippen molar-refractivity contribution in [1.82, 2.24) is 4.90 Å². The van der Waals surface area contributed by atoms with Gasteiger partial charge in [0.2, 0.25) is 0 Å². The summed E-state index contributed by atoms with van der Waals surface area (Å²) in [5, 5.41) is 10.9. The van der Waals surface area contributed by atoms with Gasteiger partial charge >= 0.3 is 0 Å². The van der Waals surface area contributed by atoms with E-state index in [-0.39, 0.29) is 10.6 Å². The second kappa shape index (κ2) is 8.13. The van der Waals surface area contributed by atoms with E-state index >= 15 is 0 Å². The Morgan fingerprint density at radius 2 is 1.89 bits per heavy atom. The summed E-state index contributed by atoms with van der Waals surface area (Å²) in [6.45, 7) is 5.78. The number of hydrogen-bond acceptors (Lipinski definition) is 4. The summed E-state index contributed by atoms with van der Waals surface area (Å²) < 4.78 is 5.16. The van der Waals surface area contributed by atoms with Crippen molar-refractivity contribution in [3.8, 4) is 5.75 Å². The first-order valence-electron chi connectivity index (χ1n) is 6.13. The van der Waals surface area contributed by atoms with E-state index in [1.54, 1.807) is 32.4 Å². The minimum absolute atomic E-state index is 0.0846. The van der Waals surface area contributed by atoms with Gasteiger partial charge < -0.3 is 9.64 Å². The lowest BCUT2D eigenvalue weighted by Gasteiger charge is -2.08. The van der Waals surface area contributed by atoms with Crippen LogP contribution in [0.4, 0.5) is 5.69 Å². The number of rotatable bonds is 4. The Morgan fingerprint density at radius 3 is 2.32 bits per heavy atom. The van der Waals surface area contributed by atoms with Gasteiger partial charge in [-0.05, 0) is 30.8 Å². The maximum atomic E-state index is 10.9. The maximum absolute atomic E-state index is 10.9. The minimum Gasteiger partial charge on any atom is -0.496 e. The molecule has 0 spiro atoms. The van der Waals surface area contributed by atoms with Gasteiger partial charge in [0.1, 0.15) is 5.75 Å². The lowest BCUT2D eigenvalue weighted by molar-refractivity contribution is -0.385. The molecule has 0 fully saturated rings. The third kappa shape index (κ3) is 4.99. The summed E-state index contributed by atoms with van der Waals surface area (Å²) in [7, 11) is 5.26. The number of nitro groups is 1. The van der Waals surface area contributed by atoms with Crippen molar-refractivity contribution in [3.63, 3.8) is 0 Å². The number of nitro benzene ring substituents is 1. The molecule has 0 N–H and O–H groups in total. The van der Waals surface area contributed by atoms with Crippen molar-refractivity contribution in [2.24, 2.45) is 0 Å². The highest BCUT2D eigenvalue weighted by Crippen LogP contribution is 2.29. The lowest BCUT2D eigenvalue weighted by Crippen LogP contribution is -2.01. The van der Waals surface area contributed by atoms with E-state index < -0.39 is 0 Å². The Morgan fingerprint density at radius 1 is 1.32 bits per heavy atom. The van der Waals surface area contributed by atoms with E-state index in [0.29, 0.717) is 11.3 Å². The molecule has 5 heteroatoms. The maximum Gasteiger partial charge on any atom is 0.277 e. The topological polar surface area (TPSA) is 55.6 Å². The Balaban J connectivity index is 0.00000154.